The van der Waals surface area contributed by atoms with Crippen LogP contribution in [0.3, 0.4) is 0 Å². The lowest BCUT2D eigenvalue weighted by Crippen LogP contribution is -2.59. The molecule has 0 saturated carbocycles. The molecule has 5 heterocycles. The molecular weight excluding hydrogens is 748 g/mol. The Morgan fingerprint density at radius 2 is 1.53 bits per heavy atom. The van der Waals surface area contributed by atoms with Crippen LogP contribution in [0.4, 0.5) is 8.78 Å². The fraction of sp³-hybridized carbons (Fsp3) is 0.341. The molecule has 0 aliphatic carbocycles. The summed E-state index contributed by atoms with van der Waals surface area (Å²) in [7, 11) is 0. The number of carbonyl (C=O) groups is 2. The number of fused-ring (bicyclic) bond motifs is 1. The van der Waals surface area contributed by atoms with Crippen LogP contribution in [-0.2, 0) is 9.53 Å². The monoisotopic (exact) mass is 791 g/mol. The van der Waals surface area contributed by atoms with Crippen LogP contribution in [0.2, 0.25) is 5.02 Å². The molecule has 57 heavy (non-hydrogen) atoms. The average molecular weight is 792 g/mol. The molecule has 2 aliphatic heterocycles. The lowest BCUT2D eigenvalue weighted by molar-refractivity contribution is -0.217. The number of amides is 2. The number of likely N-dealkylation sites (tertiary alicyclic amines) is 1. The first kappa shape index (κ1) is 38.4. The number of ether oxygens (including phenoxy) is 1. The maximum atomic E-state index is 14.7. The lowest BCUT2D eigenvalue weighted by atomic mass is 9.64. The molecule has 0 bridgehead atoms. The maximum Gasteiger partial charge on any atom is 0.273 e. The Labute approximate surface area is 334 Å². The zero-order valence-corrected chi connectivity index (χ0v) is 32.9. The van der Waals surface area contributed by atoms with E-state index in [9.17, 15) is 18.4 Å². The van der Waals surface area contributed by atoms with Gasteiger partial charge in [-0.25, -0.2) is 18.7 Å². The third-order valence-electron chi connectivity index (χ3n) is 11.6. The standard InChI is InChI=1S/C44H44ClF2N7O3/c1-42(2,3)36(31-21-44(46,47)24-57-43(31,4)41(48)56)39-51-23-34(53-39)28-16-12-26(13-17-28)25-10-14-27(15-11-25)33-22-50-38(52-33)35-9-6-20-54(35)40(55)37-30-7-5-8-32(45)29(30)18-19-49-37/h5,7-8,10-19,22-23,31,35-36H,6,9,20-21,24H2,1-4H3,(H2,48,56)(H,50,52)(H,51,53)/t31?,35-,36+,43?/m0/s1. The Morgan fingerprint density at radius 1 is 0.895 bits per heavy atom. The van der Waals surface area contributed by atoms with Crippen LogP contribution in [0.25, 0.3) is 44.4 Å². The number of primary amides is 1. The predicted molar refractivity (Wildman–Crippen MR) is 216 cm³/mol. The highest BCUT2D eigenvalue weighted by Crippen LogP contribution is 2.51. The summed E-state index contributed by atoms with van der Waals surface area (Å²) in [5, 5.41) is 2.11. The van der Waals surface area contributed by atoms with Gasteiger partial charge in [0.1, 0.15) is 29.6 Å². The van der Waals surface area contributed by atoms with Crippen LogP contribution in [0.15, 0.2) is 91.4 Å². The van der Waals surface area contributed by atoms with Crippen LogP contribution in [0.1, 0.15) is 81.1 Å². The Bertz CT molecular complexity index is 2460. The number of alkyl halides is 2. The topological polar surface area (TPSA) is 143 Å². The summed E-state index contributed by atoms with van der Waals surface area (Å²) in [4.78, 5) is 48.9. The number of rotatable bonds is 8. The first-order valence-electron chi connectivity index (χ1n) is 19.1. The van der Waals surface area contributed by atoms with Gasteiger partial charge in [-0.3, -0.25) is 14.6 Å². The number of nitrogens with one attached hydrogen (secondary N) is 2. The van der Waals surface area contributed by atoms with E-state index >= 15 is 0 Å². The number of nitrogens with zero attached hydrogens (tertiary/aromatic N) is 4. The summed E-state index contributed by atoms with van der Waals surface area (Å²) >= 11 is 6.41. The van der Waals surface area contributed by atoms with Crippen LogP contribution in [0.5, 0.6) is 0 Å². The van der Waals surface area contributed by atoms with E-state index in [1.54, 1.807) is 24.7 Å². The Kier molecular flexibility index (Phi) is 9.76. The minimum absolute atomic E-state index is 0.143. The van der Waals surface area contributed by atoms with E-state index in [0.717, 1.165) is 63.1 Å². The van der Waals surface area contributed by atoms with Gasteiger partial charge in [-0.15, -0.1) is 0 Å². The van der Waals surface area contributed by atoms with Crippen molar-refractivity contribution in [2.45, 2.75) is 70.4 Å². The number of imidazole rings is 2. The van der Waals surface area contributed by atoms with Gasteiger partial charge >= 0.3 is 0 Å². The molecule has 4 N–H and O–H groups in total. The number of benzene rings is 3. The van der Waals surface area contributed by atoms with E-state index < -0.39 is 47.7 Å². The third kappa shape index (κ3) is 7.21. The first-order chi connectivity index (χ1) is 27.1. The van der Waals surface area contributed by atoms with Crippen molar-refractivity contribution in [2.24, 2.45) is 17.1 Å². The zero-order valence-electron chi connectivity index (χ0n) is 32.2. The lowest BCUT2D eigenvalue weighted by Gasteiger charge is -2.48. The van der Waals surface area contributed by atoms with Gasteiger partial charge in [0.05, 0.1) is 29.8 Å². The number of aromatic nitrogens is 5. The van der Waals surface area contributed by atoms with Crippen molar-refractivity contribution < 1.29 is 23.1 Å². The van der Waals surface area contributed by atoms with E-state index in [-0.39, 0.29) is 11.9 Å². The smallest absolute Gasteiger partial charge is 0.273 e. The number of carbonyl (C=O) groups excluding carboxylic acids is 2. The van der Waals surface area contributed by atoms with Gasteiger partial charge in [-0.1, -0.05) is 93.0 Å². The molecular formula is C44H44ClF2N7O3. The fourth-order valence-corrected chi connectivity index (χ4v) is 8.82. The summed E-state index contributed by atoms with van der Waals surface area (Å²) in [6, 6.07) is 23.3. The number of nitrogens with two attached hydrogens (primary N) is 1. The van der Waals surface area contributed by atoms with E-state index in [1.165, 1.54) is 6.92 Å². The van der Waals surface area contributed by atoms with Gasteiger partial charge in [0.2, 0.25) is 5.91 Å². The van der Waals surface area contributed by atoms with E-state index in [4.69, 9.17) is 27.1 Å². The highest BCUT2D eigenvalue weighted by molar-refractivity contribution is 6.35. The molecule has 2 amide bonds. The second kappa shape index (κ2) is 14.5. The van der Waals surface area contributed by atoms with E-state index in [2.05, 4.69) is 19.9 Å². The first-order valence-corrected chi connectivity index (χ1v) is 19.5. The van der Waals surface area contributed by atoms with Gasteiger partial charge in [0.15, 0.2) is 0 Å². The highest BCUT2D eigenvalue weighted by atomic mass is 35.5. The van der Waals surface area contributed by atoms with Gasteiger partial charge in [0.25, 0.3) is 11.8 Å². The van der Waals surface area contributed by atoms with Gasteiger partial charge < -0.3 is 25.3 Å². The quantitative estimate of drug-likeness (QED) is 0.140. The van der Waals surface area contributed by atoms with Crippen LogP contribution < -0.4 is 5.73 Å². The summed E-state index contributed by atoms with van der Waals surface area (Å²) in [5.41, 5.74) is 9.43. The van der Waals surface area contributed by atoms with Crippen molar-refractivity contribution in [1.82, 2.24) is 29.8 Å². The molecule has 3 aromatic heterocycles. The number of pyridine rings is 1. The van der Waals surface area contributed by atoms with Crippen molar-refractivity contribution in [1.29, 1.82) is 0 Å². The largest absolute Gasteiger partial charge is 0.367 e. The van der Waals surface area contributed by atoms with Crippen molar-refractivity contribution in [3.8, 4) is 33.6 Å². The molecule has 3 aromatic carbocycles. The molecule has 2 fully saturated rings. The minimum atomic E-state index is -3.10. The van der Waals surface area contributed by atoms with Crippen LogP contribution >= 0.6 is 11.6 Å². The van der Waals surface area contributed by atoms with Crippen molar-refractivity contribution >= 4 is 34.2 Å². The summed E-state index contributed by atoms with van der Waals surface area (Å²) < 4.78 is 35.0. The molecule has 4 atom stereocenters. The molecule has 10 nitrogen and oxygen atoms in total. The van der Waals surface area contributed by atoms with Crippen LogP contribution in [0, 0.1) is 11.3 Å². The fourth-order valence-electron chi connectivity index (χ4n) is 8.58. The van der Waals surface area contributed by atoms with Gasteiger partial charge in [0, 0.05) is 46.8 Å². The molecule has 2 saturated heterocycles. The number of aromatic amines is 2. The summed E-state index contributed by atoms with van der Waals surface area (Å²) in [6.45, 7) is 7.08. The molecule has 6 aromatic rings. The maximum absolute atomic E-state index is 14.7. The third-order valence-corrected chi connectivity index (χ3v) is 12.0. The van der Waals surface area contributed by atoms with Crippen molar-refractivity contribution in [3.05, 3.63) is 114 Å². The summed E-state index contributed by atoms with van der Waals surface area (Å²) in [6.07, 6.45) is 6.23. The highest BCUT2D eigenvalue weighted by Gasteiger charge is 2.57. The molecule has 0 spiro atoms. The van der Waals surface area contributed by atoms with Crippen molar-refractivity contribution in [3.63, 3.8) is 0 Å². The number of halogens is 3. The van der Waals surface area contributed by atoms with Gasteiger partial charge in [-0.2, -0.15) is 0 Å². The molecule has 2 unspecified atom stereocenters. The second-order valence-electron chi connectivity index (χ2n) is 16.4. The van der Waals surface area contributed by atoms with Crippen LogP contribution in [-0.4, -0.2) is 66.3 Å². The van der Waals surface area contributed by atoms with Gasteiger partial charge in [-0.05, 0) is 59.6 Å². The minimum Gasteiger partial charge on any atom is -0.367 e. The molecule has 0 radical (unpaired) electrons. The molecule has 8 rings (SSSR count). The number of H-pyrrole nitrogens is 2. The Balaban J connectivity index is 0.976. The Morgan fingerprint density at radius 3 is 2.18 bits per heavy atom. The average Bonchev–Trinajstić information content (AvgIpc) is 3.98. The molecule has 2 aliphatic rings. The second-order valence-corrected chi connectivity index (χ2v) is 16.8. The molecule has 13 heteroatoms. The summed E-state index contributed by atoms with van der Waals surface area (Å²) in [5.74, 6) is -4.26. The SMILES string of the molecule is CC1(C(N)=O)OCC(F)(F)CC1[C@H](c1ncc(-c2ccc(-c3ccc(-c4cnc([C@@H]5CCCN5C(=O)c5nccc6c(Cl)cccc56)[nH]4)cc3)cc2)[nH]1)C(C)(C)C. The Hall–Kier alpha value is -5.46. The molecule has 294 valence electrons. The van der Waals surface area contributed by atoms with Crippen molar-refractivity contribution in [2.75, 3.05) is 13.2 Å². The number of hydrogen-bond acceptors (Lipinski definition) is 6. The van der Waals surface area contributed by atoms with E-state index in [1.807, 2.05) is 92.4 Å². The normalized spacial score (nSPS) is 21.5. The predicted octanol–water partition coefficient (Wildman–Crippen LogP) is 9.36. The number of hydrogen-bond donors (Lipinski definition) is 3. The van der Waals surface area contributed by atoms with E-state index in [0.29, 0.717) is 23.1 Å². The zero-order chi connectivity index (χ0) is 40.3.